The maximum Gasteiger partial charge on any atom is 0.335 e. The number of ether oxygens (including phenoxy) is 2. The number of aryl methyl sites for hydroxylation is 2. The molecule has 0 aliphatic rings. The largest absolute Gasteiger partial charge is 0.488 e. The maximum atomic E-state index is 13.6. The number of aromatic carboxylic acids is 1. The van der Waals surface area contributed by atoms with E-state index in [1.54, 1.807) is 12.4 Å². The van der Waals surface area contributed by atoms with E-state index in [0.29, 0.717) is 35.3 Å². The second-order valence-electron chi connectivity index (χ2n) is 15.0. The third-order valence-electron chi connectivity index (χ3n) is 8.19. The number of nitrogens with one attached hydrogen (secondary N) is 2. The van der Waals surface area contributed by atoms with Gasteiger partial charge in [0.15, 0.2) is 5.75 Å². The summed E-state index contributed by atoms with van der Waals surface area (Å²) in [6.45, 7) is 19.2. The molecular weight excluding hydrogens is 681 g/mol. The fourth-order valence-electron chi connectivity index (χ4n) is 5.73. The highest BCUT2D eigenvalue weighted by Crippen LogP contribution is 2.35. The van der Waals surface area contributed by atoms with E-state index in [1.807, 2.05) is 39.8 Å². The first-order valence-electron chi connectivity index (χ1n) is 17.6. The monoisotopic (exact) mass is 732 g/mol. The summed E-state index contributed by atoms with van der Waals surface area (Å²) in [5.41, 5.74) is 3.96. The molecule has 3 N–H and O–H groups in total. The average Bonchev–Trinajstić information content (AvgIpc) is 3.06. The number of carboxylic acids is 1. The summed E-state index contributed by atoms with van der Waals surface area (Å²) in [4.78, 5) is 29.6. The third-order valence-corrected chi connectivity index (χ3v) is 9.51. The van der Waals surface area contributed by atoms with Gasteiger partial charge in [0.25, 0.3) is 10.0 Å². The fourth-order valence-corrected chi connectivity index (χ4v) is 6.72. The van der Waals surface area contributed by atoms with Gasteiger partial charge in [0.05, 0.1) is 41.2 Å². The Balaban J connectivity index is 1.72. The molecule has 0 amide bonds. The van der Waals surface area contributed by atoms with Crippen LogP contribution < -0.4 is 19.5 Å². The van der Waals surface area contributed by atoms with Crippen LogP contribution in [0, 0.1) is 25.2 Å². The number of carboxylic acid groups (broad SMARTS) is 1. The van der Waals surface area contributed by atoms with Crippen molar-refractivity contribution in [1.82, 2.24) is 25.3 Å². The first-order chi connectivity index (χ1) is 24.4. The van der Waals surface area contributed by atoms with E-state index < -0.39 is 16.0 Å². The van der Waals surface area contributed by atoms with Gasteiger partial charge in [-0.05, 0) is 87.6 Å². The van der Waals surface area contributed by atoms with Crippen molar-refractivity contribution >= 4 is 21.9 Å². The minimum atomic E-state index is -4.27. The van der Waals surface area contributed by atoms with Crippen molar-refractivity contribution in [1.29, 1.82) is 0 Å². The number of aromatic nitrogens is 4. The Morgan fingerprint density at radius 1 is 0.981 bits per heavy atom. The van der Waals surface area contributed by atoms with Crippen LogP contribution in [0.4, 0.5) is 5.95 Å². The number of nitrogens with zero attached hydrogens (tertiary/aromatic N) is 4. The minimum Gasteiger partial charge on any atom is -0.488 e. The number of benzene rings is 2. The fraction of sp³-hybridized carbons (Fsp3) is 0.462. The molecule has 2 heterocycles. The zero-order chi connectivity index (χ0) is 38.2. The molecule has 0 bridgehead atoms. The van der Waals surface area contributed by atoms with Crippen LogP contribution in [0.3, 0.4) is 0 Å². The highest BCUT2D eigenvalue weighted by Gasteiger charge is 2.25. The molecule has 2 aromatic heterocycles. The molecule has 4 aromatic rings. The van der Waals surface area contributed by atoms with Gasteiger partial charge >= 0.3 is 5.97 Å². The van der Waals surface area contributed by atoms with Crippen LogP contribution in [0.5, 0.6) is 11.6 Å². The van der Waals surface area contributed by atoms with Crippen molar-refractivity contribution in [2.24, 2.45) is 11.3 Å². The first kappa shape index (κ1) is 40.2. The van der Waals surface area contributed by atoms with Crippen molar-refractivity contribution in [2.75, 3.05) is 11.3 Å². The smallest absolute Gasteiger partial charge is 0.335 e. The molecule has 0 aliphatic carbocycles. The van der Waals surface area contributed by atoms with E-state index in [1.165, 1.54) is 18.2 Å². The van der Waals surface area contributed by atoms with E-state index in [2.05, 4.69) is 65.7 Å². The zero-order valence-corrected chi connectivity index (χ0v) is 32.5. The Kier molecular flexibility index (Phi) is 13.3. The number of sulfonamides is 1. The van der Waals surface area contributed by atoms with Gasteiger partial charge in [-0.2, -0.15) is 4.98 Å². The summed E-state index contributed by atoms with van der Waals surface area (Å²) < 4.78 is 41.8. The van der Waals surface area contributed by atoms with Crippen LogP contribution >= 0.6 is 0 Å². The molecule has 13 heteroatoms. The highest BCUT2D eigenvalue weighted by atomic mass is 32.2. The average molecular weight is 733 g/mol. The normalized spacial score (nSPS) is 12.6. The van der Waals surface area contributed by atoms with Crippen LogP contribution in [0.25, 0.3) is 11.3 Å². The second-order valence-corrected chi connectivity index (χ2v) is 16.6. The molecule has 0 radical (unpaired) electrons. The summed E-state index contributed by atoms with van der Waals surface area (Å²) in [7, 11) is -4.27. The van der Waals surface area contributed by atoms with E-state index >= 15 is 0 Å². The molecule has 4 rings (SSSR count). The summed E-state index contributed by atoms with van der Waals surface area (Å²) in [6, 6.07) is 11.1. The first-order valence-corrected chi connectivity index (χ1v) is 19.1. The van der Waals surface area contributed by atoms with Crippen molar-refractivity contribution in [2.45, 2.75) is 105 Å². The van der Waals surface area contributed by atoms with Crippen LogP contribution in [-0.4, -0.2) is 58.2 Å². The maximum absolute atomic E-state index is 13.6. The molecule has 0 fully saturated rings. The molecule has 280 valence electrons. The standard InChI is InChI=1S/C39H52N6O6S/c1-24(2)16-17-28-13-10-12-26(5)34(28)35-27(6)36(44-38(43-35)45-52(48,49)32-15-11-14-29(18-32)37(46)47)50-23-30(19-39(7,8)9)40-22-33-41-20-31(21-42-33)51-25(3)4/h10-15,18,20-21,24-25,30,40H,16-17,19,22-23H2,1-9H3,(H,46,47)(H,43,44,45)/t30-/m1/s1. The van der Waals surface area contributed by atoms with Gasteiger partial charge < -0.3 is 19.9 Å². The number of hydrogen-bond donors (Lipinski definition) is 3. The molecule has 2 aromatic carbocycles. The Bertz CT molecular complexity index is 1940. The molecule has 52 heavy (non-hydrogen) atoms. The molecule has 0 aliphatic heterocycles. The summed E-state index contributed by atoms with van der Waals surface area (Å²) in [6.07, 6.45) is 5.85. The van der Waals surface area contributed by atoms with Gasteiger partial charge in [-0.3, -0.25) is 0 Å². The van der Waals surface area contributed by atoms with Crippen LogP contribution in [0.2, 0.25) is 0 Å². The molecule has 0 spiro atoms. The van der Waals surface area contributed by atoms with Gasteiger partial charge in [0.2, 0.25) is 11.8 Å². The van der Waals surface area contributed by atoms with Gasteiger partial charge in [-0.1, -0.05) is 58.9 Å². The molecule has 1 atom stereocenters. The molecule has 0 unspecified atom stereocenters. The van der Waals surface area contributed by atoms with Crippen LogP contribution in [-0.2, 0) is 23.0 Å². The lowest BCUT2D eigenvalue weighted by Crippen LogP contribution is -2.38. The lowest BCUT2D eigenvalue weighted by atomic mass is 9.88. The van der Waals surface area contributed by atoms with Gasteiger partial charge in [-0.15, -0.1) is 0 Å². The molecular formula is C39H52N6O6S. The lowest BCUT2D eigenvalue weighted by molar-refractivity contribution is 0.0696. The van der Waals surface area contributed by atoms with Crippen LogP contribution in [0.1, 0.15) is 94.2 Å². The van der Waals surface area contributed by atoms with Gasteiger partial charge in [0, 0.05) is 17.2 Å². The van der Waals surface area contributed by atoms with E-state index in [4.69, 9.17) is 14.5 Å². The topological polar surface area (TPSA) is 166 Å². The number of hydrogen-bond acceptors (Lipinski definition) is 10. The Labute approximate surface area is 307 Å². The lowest BCUT2D eigenvalue weighted by Gasteiger charge is -2.27. The minimum absolute atomic E-state index is 0.0167. The number of carbonyl (C=O) groups is 1. The summed E-state index contributed by atoms with van der Waals surface area (Å²) >= 11 is 0. The number of anilines is 1. The van der Waals surface area contributed by atoms with Gasteiger partial charge in [0.1, 0.15) is 12.4 Å². The summed E-state index contributed by atoms with van der Waals surface area (Å²) in [5.74, 6) is 0.487. The van der Waals surface area contributed by atoms with Crippen LogP contribution in [0.15, 0.2) is 59.8 Å². The predicted molar refractivity (Wildman–Crippen MR) is 202 cm³/mol. The molecule has 0 saturated carbocycles. The third kappa shape index (κ3) is 11.4. The van der Waals surface area contributed by atoms with Crippen molar-refractivity contribution in [3.05, 3.63) is 82.9 Å². The Hall–Kier alpha value is -4.62. The SMILES string of the molecule is Cc1cccc(CCC(C)C)c1-c1nc(NS(=O)(=O)c2cccc(C(=O)O)c2)nc(OC[C@@H](CC(C)(C)C)NCc2ncc(OC(C)C)cn2)c1C. The van der Waals surface area contributed by atoms with Crippen molar-refractivity contribution in [3.63, 3.8) is 0 Å². The van der Waals surface area contributed by atoms with Crippen molar-refractivity contribution < 1.29 is 27.8 Å². The second kappa shape index (κ2) is 17.3. The molecule has 12 nitrogen and oxygen atoms in total. The Morgan fingerprint density at radius 3 is 2.31 bits per heavy atom. The van der Waals surface area contributed by atoms with Crippen molar-refractivity contribution in [3.8, 4) is 22.9 Å². The molecule has 0 saturated heterocycles. The quantitative estimate of drug-likeness (QED) is 0.0990. The van der Waals surface area contributed by atoms with E-state index in [0.717, 1.165) is 42.0 Å². The van der Waals surface area contributed by atoms with E-state index in [9.17, 15) is 18.3 Å². The Morgan fingerprint density at radius 2 is 1.67 bits per heavy atom. The number of rotatable bonds is 17. The summed E-state index contributed by atoms with van der Waals surface area (Å²) in [5, 5.41) is 13.0. The highest BCUT2D eigenvalue weighted by molar-refractivity contribution is 7.92. The zero-order valence-electron chi connectivity index (χ0n) is 31.6. The van der Waals surface area contributed by atoms with Gasteiger partial charge in [-0.25, -0.2) is 32.9 Å². The van der Waals surface area contributed by atoms with E-state index in [-0.39, 0.29) is 46.5 Å². The predicted octanol–water partition coefficient (Wildman–Crippen LogP) is 7.40.